The topological polar surface area (TPSA) is 59.8 Å². The molecule has 1 aliphatic heterocycles. The van der Waals surface area contributed by atoms with Gasteiger partial charge in [-0.2, -0.15) is 0 Å². The molecule has 0 saturated carbocycles. The van der Waals surface area contributed by atoms with Gasteiger partial charge < -0.3 is 9.88 Å². The molecule has 2 aromatic rings. The van der Waals surface area contributed by atoms with E-state index in [1.165, 1.54) is 4.88 Å². The molecule has 0 radical (unpaired) electrons. The molecule has 5 nitrogen and oxygen atoms in total. The largest absolute Gasteiger partial charge is 0.347 e. The molecule has 118 valence electrons. The van der Waals surface area contributed by atoms with Crippen LogP contribution in [0, 0.1) is 13.8 Å². The van der Waals surface area contributed by atoms with Gasteiger partial charge >= 0.3 is 0 Å². The van der Waals surface area contributed by atoms with E-state index >= 15 is 0 Å². The fourth-order valence-electron chi connectivity index (χ4n) is 3.01. The predicted molar refractivity (Wildman–Crippen MR) is 87.5 cm³/mol. The summed E-state index contributed by atoms with van der Waals surface area (Å²) in [6.45, 7) is 9.05. The molecule has 0 fully saturated rings. The second kappa shape index (κ2) is 5.83. The van der Waals surface area contributed by atoms with Crippen molar-refractivity contribution in [1.29, 1.82) is 0 Å². The normalized spacial score (nSPS) is 17.6. The molecule has 0 saturated heterocycles. The van der Waals surface area contributed by atoms with Gasteiger partial charge in [0.05, 0.1) is 5.56 Å². The van der Waals surface area contributed by atoms with Gasteiger partial charge in [0.15, 0.2) is 0 Å². The number of aromatic nitrogens is 3. The molecular weight excluding hydrogens is 296 g/mol. The number of fused-ring (bicyclic) bond motifs is 1. The maximum atomic E-state index is 12.5. The van der Waals surface area contributed by atoms with Crippen LogP contribution < -0.4 is 5.32 Å². The number of rotatable bonds is 3. The Bertz CT molecular complexity index is 701. The number of thiophene rings is 1. The summed E-state index contributed by atoms with van der Waals surface area (Å²) >= 11 is 1.67. The molecule has 1 amide bonds. The zero-order valence-electron chi connectivity index (χ0n) is 13.5. The lowest BCUT2D eigenvalue weighted by atomic mass is 10.1. The number of hydrogen-bond donors (Lipinski definition) is 1. The highest BCUT2D eigenvalue weighted by Crippen LogP contribution is 2.23. The Morgan fingerprint density at radius 2 is 2.18 bits per heavy atom. The maximum Gasteiger partial charge on any atom is 0.252 e. The van der Waals surface area contributed by atoms with Crippen molar-refractivity contribution >= 4 is 17.2 Å². The highest BCUT2D eigenvalue weighted by atomic mass is 32.1. The van der Waals surface area contributed by atoms with Crippen LogP contribution >= 0.6 is 11.3 Å². The smallest absolute Gasteiger partial charge is 0.252 e. The van der Waals surface area contributed by atoms with Crippen molar-refractivity contribution in [2.24, 2.45) is 0 Å². The van der Waals surface area contributed by atoms with E-state index in [1.807, 2.05) is 19.9 Å². The third kappa shape index (κ3) is 2.79. The minimum absolute atomic E-state index is 0.0365. The van der Waals surface area contributed by atoms with Crippen LogP contribution in [0.3, 0.4) is 0 Å². The first-order chi connectivity index (χ1) is 10.5. The number of carbonyl (C=O) groups excluding carboxylic acids is 1. The fourth-order valence-corrected chi connectivity index (χ4v) is 3.93. The zero-order valence-corrected chi connectivity index (χ0v) is 14.3. The number of nitrogens with zero attached hydrogens (tertiary/aromatic N) is 3. The summed E-state index contributed by atoms with van der Waals surface area (Å²) in [7, 11) is 0. The number of aryl methyl sites for hydroxylation is 3. The molecule has 0 aromatic carbocycles. The van der Waals surface area contributed by atoms with Gasteiger partial charge in [0, 0.05) is 34.7 Å². The molecule has 0 spiro atoms. The molecule has 3 heterocycles. The van der Waals surface area contributed by atoms with E-state index in [0.29, 0.717) is 5.92 Å². The third-order valence-electron chi connectivity index (χ3n) is 4.11. The second-order valence-electron chi connectivity index (χ2n) is 6.28. The molecule has 6 heteroatoms. The summed E-state index contributed by atoms with van der Waals surface area (Å²) in [5.74, 6) is 2.43. The van der Waals surface area contributed by atoms with Gasteiger partial charge in [-0.15, -0.1) is 21.5 Å². The van der Waals surface area contributed by atoms with Crippen LogP contribution in [0.15, 0.2) is 6.07 Å². The summed E-state index contributed by atoms with van der Waals surface area (Å²) in [5.41, 5.74) is 0.807. The maximum absolute atomic E-state index is 12.5. The van der Waals surface area contributed by atoms with Crippen LogP contribution in [0.2, 0.25) is 0 Å². The van der Waals surface area contributed by atoms with E-state index in [0.717, 1.165) is 41.5 Å². The molecule has 3 rings (SSSR count). The number of nitrogens with one attached hydrogen (secondary N) is 1. The number of hydrogen-bond acceptors (Lipinski definition) is 4. The van der Waals surface area contributed by atoms with Crippen LogP contribution in [0.1, 0.15) is 57.9 Å². The molecule has 0 bridgehead atoms. The average Bonchev–Trinajstić information content (AvgIpc) is 3.01. The van der Waals surface area contributed by atoms with Gasteiger partial charge in [0.2, 0.25) is 0 Å². The summed E-state index contributed by atoms with van der Waals surface area (Å²) in [6.07, 6.45) is 1.79. The summed E-state index contributed by atoms with van der Waals surface area (Å²) < 4.78 is 2.17. The highest BCUT2D eigenvalue weighted by Gasteiger charge is 2.25. The van der Waals surface area contributed by atoms with E-state index in [-0.39, 0.29) is 11.9 Å². The van der Waals surface area contributed by atoms with Crippen molar-refractivity contribution in [1.82, 2.24) is 20.1 Å². The van der Waals surface area contributed by atoms with Crippen LogP contribution in [0.5, 0.6) is 0 Å². The quantitative estimate of drug-likeness (QED) is 0.946. The van der Waals surface area contributed by atoms with Crippen molar-refractivity contribution in [3.05, 3.63) is 33.0 Å². The van der Waals surface area contributed by atoms with Crippen molar-refractivity contribution < 1.29 is 4.79 Å². The first-order valence-electron chi connectivity index (χ1n) is 7.75. The predicted octanol–water partition coefficient (Wildman–Crippen LogP) is 2.82. The summed E-state index contributed by atoms with van der Waals surface area (Å²) in [5, 5.41) is 11.7. The summed E-state index contributed by atoms with van der Waals surface area (Å²) in [4.78, 5) is 14.7. The Balaban J connectivity index is 1.73. The van der Waals surface area contributed by atoms with Crippen molar-refractivity contribution in [2.45, 2.75) is 59.0 Å². The van der Waals surface area contributed by atoms with Crippen LogP contribution in [0.4, 0.5) is 0 Å². The van der Waals surface area contributed by atoms with Crippen molar-refractivity contribution in [3.63, 3.8) is 0 Å². The average molecular weight is 318 g/mol. The zero-order chi connectivity index (χ0) is 15.9. The minimum Gasteiger partial charge on any atom is -0.347 e. The van der Waals surface area contributed by atoms with Crippen molar-refractivity contribution in [2.75, 3.05) is 0 Å². The monoisotopic (exact) mass is 318 g/mol. The lowest BCUT2D eigenvalue weighted by molar-refractivity contribution is 0.0927. The van der Waals surface area contributed by atoms with Crippen LogP contribution in [0.25, 0.3) is 0 Å². The molecule has 2 aromatic heterocycles. The molecule has 1 N–H and O–H groups in total. The Morgan fingerprint density at radius 3 is 2.82 bits per heavy atom. The van der Waals surface area contributed by atoms with Gasteiger partial charge in [0.25, 0.3) is 5.91 Å². The number of carbonyl (C=O) groups is 1. The molecular formula is C16H22N4OS. The molecule has 0 aliphatic carbocycles. The van der Waals surface area contributed by atoms with Gasteiger partial charge in [-0.05, 0) is 26.3 Å². The van der Waals surface area contributed by atoms with Crippen molar-refractivity contribution in [3.8, 4) is 0 Å². The third-order valence-corrected chi connectivity index (χ3v) is 5.08. The summed E-state index contributed by atoms with van der Waals surface area (Å²) in [6, 6.07) is 2.12. The Kier molecular flexibility index (Phi) is 4.04. The lowest BCUT2D eigenvalue weighted by Gasteiger charge is -2.26. The standard InChI is InChI=1S/C16H22N4OS/c1-9(2)15-19-18-14-6-5-12(8-20(14)15)17-16(21)13-7-10(3)22-11(13)4/h7,9,12H,5-6,8H2,1-4H3,(H,17,21). The minimum atomic E-state index is 0.0365. The van der Waals surface area contributed by atoms with Crippen LogP contribution in [-0.2, 0) is 13.0 Å². The van der Waals surface area contributed by atoms with Gasteiger partial charge in [-0.1, -0.05) is 13.8 Å². The molecule has 22 heavy (non-hydrogen) atoms. The van der Waals surface area contributed by atoms with E-state index in [2.05, 4.69) is 33.9 Å². The van der Waals surface area contributed by atoms with E-state index in [4.69, 9.17) is 0 Å². The molecule has 1 aliphatic rings. The van der Waals surface area contributed by atoms with Gasteiger partial charge in [-0.25, -0.2) is 0 Å². The SMILES string of the molecule is Cc1cc(C(=O)NC2CCc3nnc(C(C)C)n3C2)c(C)s1. The highest BCUT2D eigenvalue weighted by molar-refractivity contribution is 7.12. The van der Waals surface area contributed by atoms with Gasteiger partial charge in [0.1, 0.15) is 11.6 Å². The van der Waals surface area contributed by atoms with E-state index in [1.54, 1.807) is 11.3 Å². The first-order valence-corrected chi connectivity index (χ1v) is 8.57. The number of amides is 1. The van der Waals surface area contributed by atoms with Gasteiger partial charge in [-0.3, -0.25) is 4.79 Å². The second-order valence-corrected chi connectivity index (χ2v) is 7.74. The van der Waals surface area contributed by atoms with Crippen LogP contribution in [-0.4, -0.2) is 26.7 Å². The Morgan fingerprint density at radius 1 is 1.41 bits per heavy atom. The van der Waals surface area contributed by atoms with E-state index < -0.39 is 0 Å². The first kappa shape index (κ1) is 15.2. The Labute approximate surface area is 134 Å². The molecule has 1 atom stereocenters. The lowest BCUT2D eigenvalue weighted by Crippen LogP contribution is -2.41. The fraction of sp³-hybridized carbons (Fsp3) is 0.562. The Hall–Kier alpha value is -1.69. The molecule has 1 unspecified atom stereocenters. The van der Waals surface area contributed by atoms with E-state index in [9.17, 15) is 4.79 Å².